The van der Waals surface area contributed by atoms with Crippen LogP contribution in [0.1, 0.15) is 11.1 Å². The number of carbonyl (C=O) groups excluding carboxylic acids is 2. The van der Waals surface area contributed by atoms with Crippen LogP contribution in [0.25, 0.3) is 11.1 Å². The molecule has 2 aromatic carbocycles. The van der Waals surface area contributed by atoms with Gasteiger partial charge in [0, 0.05) is 0 Å². The van der Waals surface area contributed by atoms with E-state index in [1.54, 1.807) is 24.3 Å². The predicted molar refractivity (Wildman–Crippen MR) is 100 cm³/mol. The Morgan fingerprint density at radius 2 is 1.11 bits per heavy atom. The number of hydrogen-bond acceptors (Lipinski definition) is 4. The van der Waals surface area contributed by atoms with Crippen LogP contribution in [0.3, 0.4) is 0 Å². The molecule has 10 heteroatoms. The van der Waals surface area contributed by atoms with E-state index >= 15 is 0 Å². The number of nitrogens with zero attached hydrogens (tertiary/aromatic N) is 4. The average Bonchev–Trinajstić information content (AvgIpc) is 2.69. The molecule has 0 saturated carbocycles. The maximum absolute atomic E-state index is 12.0. The van der Waals surface area contributed by atoms with E-state index in [2.05, 4.69) is 9.58 Å². The minimum atomic E-state index is -0.964. The third-order valence-corrected chi connectivity index (χ3v) is 4.05. The van der Waals surface area contributed by atoms with Crippen LogP contribution < -0.4 is 0 Å². The third kappa shape index (κ3) is 5.13. The van der Waals surface area contributed by atoms with Crippen molar-refractivity contribution in [3.05, 3.63) is 80.8 Å². The number of esters is 2. The van der Waals surface area contributed by atoms with Crippen molar-refractivity contribution in [2.24, 2.45) is 0 Å². The first-order valence-corrected chi connectivity index (χ1v) is 8.53. The molecule has 0 aliphatic heterocycles. The summed E-state index contributed by atoms with van der Waals surface area (Å²) in [5.74, 6) is -1.93. The van der Waals surface area contributed by atoms with Gasteiger partial charge in [-0.15, -0.1) is 0 Å². The molecule has 0 aliphatic carbocycles. The summed E-state index contributed by atoms with van der Waals surface area (Å²) in [7, 11) is 0. The van der Waals surface area contributed by atoms with E-state index in [-0.39, 0.29) is 34.4 Å². The van der Waals surface area contributed by atoms with E-state index in [0.717, 1.165) is 0 Å². The van der Waals surface area contributed by atoms with E-state index in [0.29, 0.717) is 0 Å². The summed E-state index contributed by atoms with van der Waals surface area (Å²) < 4.78 is 9.81. The van der Waals surface area contributed by atoms with E-state index in [1.165, 1.54) is 24.3 Å². The number of rotatable bonds is 7. The first-order chi connectivity index (χ1) is 13.5. The van der Waals surface area contributed by atoms with Crippen LogP contribution in [0.4, 0.5) is 0 Å². The second kappa shape index (κ2) is 10.2. The van der Waals surface area contributed by atoms with Gasteiger partial charge >= 0.3 is 23.4 Å². The summed E-state index contributed by atoms with van der Waals surface area (Å²) in [6.45, 7) is -0.676. The van der Waals surface area contributed by atoms with Crippen LogP contribution in [0.5, 0.6) is 0 Å². The molecule has 0 unspecified atom stereocenters. The highest BCUT2D eigenvalue weighted by atomic mass is 35.5. The summed E-state index contributed by atoms with van der Waals surface area (Å²) in [4.78, 5) is 29.9. The zero-order valence-corrected chi connectivity index (χ0v) is 15.7. The molecule has 0 atom stereocenters. The molecule has 0 aromatic heterocycles. The lowest BCUT2D eigenvalue weighted by Crippen LogP contribution is -2.25. The molecular weight excluding hydrogens is 407 g/mol. The Labute approximate surface area is 169 Å². The van der Waals surface area contributed by atoms with Crippen LogP contribution in [0, 0.1) is 0 Å². The van der Waals surface area contributed by atoms with Crippen LogP contribution in [0.15, 0.2) is 48.5 Å². The molecule has 8 nitrogen and oxygen atoms in total. The SMILES string of the molecule is [N-]=[N+]=C(C(=O)OCCOC(=O)C(=[N+]=[N-])c1ccccc1Cl)c1ccccc1Cl. The molecule has 0 saturated heterocycles. The summed E-state index contributed by atoms with van der Waals surface area (Å²) in [6.07, 6.45) is 0. The number of carbonyl (C=O) groups is 2. The normalized spacial score (nSPS) is 9.64. The second-order valence-corrected chi connectivity index (χ2v) is 5.94. The van der Waals surface area contributed by atoms with Crippen LogP contribution in [-0.2, 0) is 19.1 Å². The van der Waals surface area contributed by atoms with E-state index in [9.17, 15) is 9.59 Å². The monoisotopic (exact) mass is 418 g/mol. The summed E-state index contributed by atoms with van der Waals surface area (Å²) >= 11 is 11.9. The molecule has 0 N–H and O–H groups in total. The molecule has 28 heavy (non-hydrogen) atoms. The third-order valence-electron chi connectivity index (χ3n) is 3.39. The van der Waals surface area contributed by atoms with Gasteiger partial charge in [-0.05, 0) is 24.3 Å². The summed E-state index contributed by atoms with van der Waals surface area (Å²) in [6, 6.07) is 12.5. The fourth-order valence-electron chi connectivity index (χ4n) is 2.12. The van der Waals surface area contributed by atoms with Crippen molar-refractivity contribution in [1.82, 2.24) is 0 Å². The van der Waals surface area contributed by atoms with Crippen molar-refractivity contribution < 1.29 is 28.6 Å². The number of ether oxygens (including phenoxy) is 2. The first kappa shape index (κ1) is 21.0. The Morgan fingerprint density at radius 1 is 0.750 bits per heavy atom. The van der Waals surface area contributed by atoms with Gasteiger partial charge in [0.05, 0.1) is 21.2 Å². The maximum atomic E-state index is 12.0. The molecule has 0 radical (unpaired) electrons. The van der Waals surface area contributed by atoms with Crippen LogP contribution in [-0.4, -0.2) is 46.2 Å². The fourth-order valence-corrected chi connectivity index (χ4v) is 2.57. The first-order valence-electron chi connectivity index (χ1n) is 7.77. The Balaban J connectivity index is 1.93. The topological polar surface area (TPSA) is 125 Å². The molecule has 0 spiro atoms. The predicted octanol–water partition coefficient (Wildman–Crippen LogP) is 2.82. The minimum absolute atomic E-state index is 0.182. The van der Waals surface area contributed by atoms with Gasteiger partial charge in [0.15, 0.2) is 0 Å². The summed E-state index contributed by atoms with van der Waals surface area (Å²) in [5, 5.41) is 0.393. The molecule has 2 rings (SSSR count). The molecule has 142 valence electrons. The second-order valence-electron chi connectivity index (χ2n) is 5.13. The zero-order valence-electron chi connectivity index (χ0n) is 14.2. The van der Waals surface area contributed by atoms with Gasteiger partial charge in [0.2, 0.25) is 0 Å². The highest BCUT2D eigenvalue weighted by molar-refractivity contribution is 6.46. The van der Waals surface area contributed by atoms with Crippen molar-refractivity contribution in [2.45, 2.75) is 0 Å². The Hall–Kier alpha value is -3.28. The highest BCUT2D eigenvalue weighted by Gasteiger charge is 2.28. The van der Waals surface area contributed by atoms with Crippen LogP contribution in [0.2, 0.25) is 10.0 Å². The van der Waals surface area contributed by atoms with E-state index in [1.807, 2.05) is 0 Å². The number of halogens is 2. The molecule has 2 aromatic rings. The van der Waals surface area contributed by atoms with Gasteiger partial charge in [0.1, 0.15) is 13.2 Å². The lowest BCUT2D eigenvalue weighted by Gasteiger charge is -2.04. The quantitative estimate of drug-likeness (QED) is 0.225. The van der Waals surface area contributed by atoms with E-state index < -0.39 is 23.4 Å². The van der Waals surface area contributed by atoms with Gasteiger partial charge in [-0.3, -0.25) is 0 Å². The van der Waals surface area contributed by atoms with Crippen molar-refractivity contribution >= 4 is 46.6 Å². The lowest BCUT2D eigenvalue weighted by molar-refractivity contribution is -0.147. The van der Waals surface area contributed by atoms with Gasteiger partial charge in [-0.25, -0.2) is 9.59 Å². The van der Waals surface area contributed by atoms with Crippen molar-refractivity contribution in [3.63, 3.8) is 0 Å². The molecule has 0 heterocycles. The molecular formula is C18H12Cl2N4O4. The van der Waals surface area contributed by atoms with Gasteiger partial charge in [0.25, 0.3) is 0 Å². The van der Waals surface area contributed by atoms with Crippen molar-refractivity contribution in [1.29, 1.82) is 0 Å². The maximum Gasteiger partial charge on any atom is 0.422 e. The summed E-state index contributed by atoms with van der Waals surface area (Å²) in [5.41, 5.74) is 17.7. The molecule has 0 amide bonds. The number of hydrogen-bond donors (Lipinski definition) is 0. The van der Waals surface area contributed by atoms with Crippen molar-refractivity contribution in [2.75, 3.05) is 13.2 Å². The Morgan fingerprint density at radius 3 is 1.43 bits per heavy atom. The van der Waals surface area contributed by atoms with E-state index in [4.69, 9.17) is 43.7 Å². The van der Waals surface area contributed by atoms with Gasteiger partial charge in [-0.1, -0.05) is 47.5 Å². The Bertz CT molecular complexity index is 931. The molecule has 0 aliphatic rings. The molecule has 0 fully saturated rings. The van der Waals surface area contributed by atoms with Gasteiger partial charge in [-0.2, -0.15) is 9.58 Å². The average molecular weight is 419 g/mol. The smallest absolute Gasteiger partial charge is 0.422 e. The van der Waals surface area contributed by atoms with Crippen LogP contribution >= 0.6 is 23.2 Å². The fraction of sp³-hybridized carbons (Fsp3) is 0.111. The standard InChI is InChI=1S/C18H12Cl2N4O4/c19-13-7-3-1-5-11(13)15(23-21)17(25)27-9-10-28-18(26)16(24-22)12-6-2-4-8-14(12)20/h1-8H,9-10H2. The largest absolute Gasteiger partial charge is 0.453 e. The Kier molecular flexibility index (Phi) is 7.63. The number of benzene rings is 2. The van der Waals surface area contributed by atoms with Gasteiger partial charge < -0.3 is 20.5 Å². The zero-order chi connectivity index (χ0) is 20.5. The van der Waals surface area contributed by atoms with Crippen molar-refractivity contribution in [3.8, 4) is 0 Å². The lowest BCUT2D eigenvalue weighted by atomic mass is 10.1. The minimum Gasteiger partial charge on any atom is -0.453 e. The highest BCUT2D eigenvalue weighted by Crippen LogP contribution is 2.16. The molecule has 0 bridgehead atoms.